The first kappa shape index (κ1) is 17.6. The van der Waals surface area contributed by atoms with E-state index in [1.165, 1.54) is 0 Å². The lowest BCUT2D eigenvalue weighted by Crippen LogP contribution is -2.50. The average molecular weight is 370 g/mol. The van der Waals surface area contributed by atoms with Gasteiger partial charge in [-0.2, -0.15) is 0 Å². The van der Waals surface area contributed by atoms with E-state index in [9.17, 15) is 14.4 Å². The molecule has 0 N–H and O–H groups in total. The molecule has 0 amide bonds. The Bertz CT molecular complexity index is 846. The lowest BCUT2D eigenvalue weighted by atomic mass is 9.70. The predicted molar refractivity (Wildman–Crippen MR) is 99.6 cm³/mol. The van der Waals surface area contributed by atoms with E-state index in [-0.39, 0.29) is 57.1 Å². The number of carbonyl (C=O) groups is 3. The van der Waals surface area contributed by atoms with E-state index in [4.69, 9.17) is 4.74 Å². The first-order valence-corrected chi connectivity index (χ1v) is 10.4. The van der Waals surface area contributed by atoms with Gasteiger partial charge in [0.1, 0.15) is 5.78 Å². The molecule has 0 aromatic heterocycles. The molecule has 5 fully saturated rings. The first-order chi connectivity index (χ1) is 12.4. The molecule has 1 heterocycles. The highest BCUT2D eigenvalue weighted by atomic mass is 16.5. The molecule has 0 radical (unpaired) electrons. The smallest absolute Gasteiger partial charge is 0.238 e. The van der Waals surface area contributed by atoms with Crippen LogP contribution in [-0.2, 0) is 19.1 Å². The van der Waals surface area contributed by atoms with Gasteiger partial charge in [-0.15, -0.1) is 0 Å². The third-order valence-corrected chi connectivity index (χ3v) is 10.2. The summed E-state index contributed by atoms with van der Waals surface area (Å²) in [6.45, 7) is 12.7. The van der Waals surface area contributed by atoms with Gasteiger partial charge in [-0.25, -0.2) is 0 Å². The minimum atomic E-state index is -0.672. The van der Waals surface area contributed by atoms with E-state index >= 15 is 0 Å². The molecule has 4 saturated carbocycles. The molecule has 0 unspecified atom stereocenters. The van der Waals surface area contributed by atoms with Gasteiger partial charge in [-0.05, 0) is 48.3 Å². The maximum atomic E-state index is 13.1. The summed E-state index contributed by atoms with van der Waals surface area (Å²) in [7, 11) is 0. The average Bonchev–Trinajstić information content (AvgIpc) is 3.07. The molecule has 4 heteroatoms. The van der Waals surface area contributed by atoms with Crippen LogP contribution in [0, 0.1) is 39.4 Å². The monoisotopic (exact) mass is 370 g/mol. The third kappa shape index (κ3) is 1.59. The second-order valence-corrected chi connectivity index (χ2v) is 11.2. The number of fused-ring (bicyclic) bond motifs is 4. The molecular formula is C23H30O4. The van der Waals surface area contributed by atoms with Gasteiger partial charge >= 0.3 is 0 Å². The number of ether oxygens (including phenoxy) is 1. The van der Waals surface area contributed by atoms with E-state index in [1.54, 1.807) is 0 Å². The lowest BCUT2D eigenvalue weighted by Gasteiger charge is -2.39. The standard InChI is InChI=1S/C23H30O4/c1-20(2)11-7-9-22(20,5)18(25)13(11)16-15(24)17(27-16)14-12-8-10-23(6,19(14)26)21(12,3)4/h11-13,16H,7-10H2,1-6H3/b17-14-/t11-,12+,13-,16-,22-,23-/m1/s1. The molecule has 5 aliphatic rings. The summed E-state index contributed by atoms with van der Waals surface area (Å²) >= 11 is 0. The molecule has 4 nitrogen and oxygen atoms in total. The summed E-state index contributed by atoms with van der Waals surface area (Å²) in [6, 6.07) is 0. The van der Waals surface area contributed by atoms with Gasteiger partial charge in [0.25, 0.3) is 0 Å². The Morgan fingerprint density at radius 3 is 1.96 bits per heavy atom. The number of Topliss-reactive ketones (excluding diaryl/α,β-unsaturated/α-hetero) is 3. The fourth-order valence-electron chi connectivity index (χ4n) is 7.38. The second-order valence-electron chi connectivity index (χ2n) is 11.2. The molecule has 4 aliphatic carbocycles. The minimum Gasteiger partial charge on any atom is -0.477 e. The highest BCUT2D eigenvalue weighted by molar-refractivity contribution is 6.15. The van der Waals surface area contributed by atoms with Crippen LogP contribution in [0.3, 0.4) is 0 Å². The van der Waals surface area contributed by atoms with E-state index in [0.29, 0.717) is 5.57 Å². The van der Waals surface area contributed by atoms with Crippen molar-refractivity contribution in [2.24, 2.45) is 39.4 Å². The maximum Gasteiger partial charge on any atom is 0.238 e. The Balaban J connectivity index is 1.48. The summed E-state index contributed by atoms with van der Waals surface area (Å²) in [5.74, 6) is 0.420. The molecule has 146 valence electrons. The van der Waals surface area contributed by atoms with Crippen LogP contribution >= 0.6 is 0 Å². The van der Waals surface area contributed by atoms with Gasteiger partial charge in [0, 0.05) is 16.4 Å². The fraction of sp³-hybridized carbons (Fsp3) is 0.783. The summed E-state index contributed by atoms with van der Waals surface area (Å²) in [5.41, 5.74) is -0.368. The van der Waals surface area contributed by atoms with Crippen molar-refractivity contribution in [1.29, 1.82) is 0 Å². The summed E-state index contributed by atoms with van der Waals surface area (Å²) in [5, 5.41) is 0. The van der Waals surface area contributed by atoms with Crippen molar-refractivity contribution in [2.75, 3.05) is 0 Å². The van der Waals surface area contributed by atoms with Gasteiger partial charge in [0.05, 0.1) is 5.92 Å². The van der Waals surface area contributed by atoms with Crippen LogP contribution in [0.1, 0.15) is 67.2 Å². The van der Waals surface area contributed by atoms with Crippen molar-refractivity contribution in [3.05, 3.63) is 11.3 Å². The number of rotatable bonds is 1. The number of hydrogen-bond donors (Lipinski definition) is 0. The number of carbonyl (C=O) groups excluding carboxylic acids is 3. The molecule has 0 spiro atoms. The van der Waals surface area contributed by atoms with Gasteiger partial charge in [0.2, 0.25) is 5.78 Å². The van der Waals surface area contributed by atoms with Crippen molar-refractivity contribution in [1.82, 2.24) is 0 Å². The van der Waals surface area contributed by atoms with Crippen LogP contribution in [0.25, 0.3) is 0 Å². The molecule has 6 atom stereocenters. The van der Waals surface area contributed by atoms with E-state index in [0.717, 1.165) is 25.7 Å². The maximum absolute atomic E-state index is 13.1. The van der Waals surface area contributed by atoms with E-state index in [1.807, 2.05) is 6.92 Å². The van der Waals surface area contributed by atoms with Crippen LogP contribution in [0.4, 0.5) is 0 Å². The molecule has 1 aliphatic heterocycles. The minimum absolute atomic E-state index is 0.0945. The topological polar surface area (TPSA) is 60.4 Å². The Hall–Kier alpha value is -1.45. The molecule has 4 bridgehead atoms. The zero-order valence-electron chi connectivity index (χ0n) is 17.3. The van der Waals surface area contributed by atoms with Crippen LogP contribution < -0.4 is 0 Å². The summed E-state index contributed by atoms with van der Waals surface area (Å²) in [4.78, 5) is 39.4. The number of hydrogen-bond acceptors (Lipinski definition) is 4. The van der Waals surface area contributed by atoms with Crippen LogP contribution in [0.5, 0.6) is 0 Å². The van der Waals surface area contributed by atoms with Crippen molar-refractivity contribution in [2.45, 2.75) is 73.3 Å². The fourth-order valence-corrected chi connectivity index (χ4v) is 7.38. The predicted octanol–water partition coefficient (Wildman–Crippen LogP) is 3.88. The largest absolute Gasteiger partial charge is 0.477 e. The Kier molecular flexibility index (Phi) is 2.99. The molecule has 0 aromatic carbocycles. The van der Waals surface area contributed by atoms with Crippen molar-refractivity contribution >= 4 is 17.3 Å². The van der Waals surface area contributed by atoms with Crippen LogP contribution in [0.2, 0.25) is 0 Å². The quantitative estimate of drug-likeness (QED) is 0.657. The van der Waals surface area contributed by atoms with Crippen LogP contribution in [-0.4, -0.2) is 23.5 Å². The third-order valence-electron chi connectivity index (χ3n) is 10.2. The van der Waals surface area contributed by atoms with Gasteiger partial charge in [-0.3, -0.25) is 14.4 Å². The van der Waals surface area contributed by atoms with E-state index < -0.39 is 11.5 Å². The SMILES string of the molecule is CC1(C)[C@@H]2CC[C@]1(C)C(=O)[C@H]2[C@H]1O/C(=C2\C(=O)[C@@]3(C)CC[C@@H]2C3(C)C)C1=O. The summed E-state index contributed by atoms with van der Waals surface area (Å²) < 4.78 is 6.03. The Morgan fingerprint density at radius 1 is 0.852 bits per heavy atom. The molecule has 1 saturated heterocycles. The van der Waals surface area contributed by atoms with Crippen molar-refractivity contribution in [3.8, 4) is 0 Å². The summed E-state index contributed by atoms with van der Waals surface area (Å²) in [6.07, 6.45) is 3.03. The van der Waals surface area contributed by atoms with Gasteiger partial charge in [0.15, 0.2) is 17.6 Å². The van der Waals surface area contributed by atoms with Crippen LogP contribution in [0.15, 0.2) is 11.3 Å². The van der Waals surface area contributed by atoms with Crippen molar-refractivity contribution < 1.29 is 19.1 Å². The van der Waals surface area contributed by atoms with Gasteiger partial charge < -0.3 is 4.74 Å². The highest BCUT2D eigenvalue weighted by Gasteiger charge is 2.71. The lowest BCUT2D eigenvalue weighted by molar-refractivity contribution is -0.156. The molecule has 27 heavy (non-hydrogen) atoms. The molecule has 5 rings (SSSR count). The normalized spacial score (nSPS) is 51.7. The first-order valence-electron chi connectivity index (χ1n) is 10.4. The molecule has 0 aromatic rings. The zero-order chi connectivity index (χ0) is 19.7. The second kappa shape index (κ2) is 4.58. The van der Waals surface area contributed by atoms with E-state index in [2.05, 4.69) is 34.6 Å². The highest BCUT2D eigenvalue weighted by Crippen LogP contribution is 2.69. The Labute approximate surface area is 161 Å². The zero-order valence-corrected chi connectivity index (χ0v) is 17.3. The van der Waals surface area contributed by atoms with Gasteiger partial charge in [-0.1, -0.05) is 41.5 Å². The molecular weight excluding hydrogens is 340 g/mol. The van der Waals surface area contributed by atoms with Crippen molar-refractivity contribution in [3.63, 3.8) is 0 Å². The number of ketones is 3. The Morgan fingerprint density at radius 2 is 1.48 bits per heavy atom. The number of allylic oxidation sites excluding steroid dienone is 1.